The monoisotopic (exact) mass is 229 g/mol. The van der Waals surface area contributed by atoms with Crippen LogP contribution < -0.4 is 0 Å². The fraction of sp³-hybridized carbons (Fsp3) is 1.00. The number of ether oxygens (including phenoxy) is 1. The Morgan fingerprint density at radius 3 is 2.50 bits per heavy atom. The molecular weight excluding hydrogens is 202 g/mol. The topological polar surface area (TPSA) is 32.7 Å². The van der Waals surface area contributed by atoms with Crippen molar-refractivity contribution in [3.8, 4) is 0 Å². The zero-order valence-electron chi connectivity index (χ0n) is 11.4. The van der Waals surface area contributed by atoms with Gasteiger partial charge in [-0.05, 0) is 47.0 Å². The molecule has 1 aliphatic rings. The van der Waals surface area contributed by atoms with Gasteiger partial charge >= 0.3 is 0 Å². The van der Waals surface area contributed by atoms with E-state index in [0.717, 1.165) is 25.8 Å². The van der Waals surface area contributed by atoms with Gasteiger partial charge in [0.15, 0.2) is 0 Å². The van der Waals surface area contributed by atoms with Crippen LogP contribution in [0, 0.1) is 0 Å². The highest BCUT2D eigenvalue weighted by Gasteiger charge is 2.38. The van der Waals surface area contributed by atoms with Gasteiger partial charge in [-0.2, -0.15) is 0 Å². The Morgan fingerprint density at radius 2 is 2.00 bits per heavy atom. The van der Waals surface area contributed by atoms with E-state index in [1.165, 1.54) is 6.42 Å². The van der Waals surface area contributed by atoms with Crippen molar-refractivity contribution in [2.75, 3.05) is 6.54 Å². The number of hydrogen-bond acceptors (Lipinski definition) is 3. The fourth-order valence-corrected chi connectivity index (χ4v) is 2.34. The van der Waals surface area contributed by atoms with E-state index in [-0.39, 0.29) is 11.1 Å². The molecule has 1 fully saturated rings. The minimum absolute atomic E-state index is 0.0862. The second-order valence-corrected chi connectivity index (χ2v) is 6.06. The molecule has 1 rings (SSSR count). The molecule has 16 heavy (non-hydrogen) atoms. The molecule has 1 heterocycles. The molecule has 0 aromatic heterocycles. The van der Waals surface area contributed by atoms with Gasteiger partial charge < -0.3 is 9.84 Å². The Morgan fingerprint density at radius 1 is 1.38 bits per heavy atom. The molecule has 0 aliphatic carbocycles. The third-order valence-corrected chi connectivity index (χ3v) is 3.55. The first-order chi connectivity index (χ1) is 7.28. The van der Waals surface area contributed by atoms with Crippen LogP contribution in [0.5, 0.6) is 0 Å². The van der Waals surface area contributed by atoms with Crippen molar-refractivity contribution in [2.24, 2.45) is 0 Å². The van der Waals surface area contributed by atoms with E-state index in [2.05, 4.69) is 18.7 Å². The molecule has 3 heteroatoms. The number of nitrogens with zero attached hydrogens (tertiary/aromatic N) is 1. The fourth-order valence-electron chi connectivity index (χ4n) is 2.34. The summed E-state index contributed by atoms with van der Waals surface area (Å²) < 4.78 is 5.66. The third-order valence-electron chi connectivity index (χ3n) is 3.55. The Bertz CT molecular complexity index is 224. The number of hydrogen-bond donors (Lipinski definition) is 1. The van der Waals surface area contributed by atoms with Crippen molar-refractivity contribution in [3.05, 3.63) is 0 Å². The summed E-state index contributed by atoms with van der Waals surface area (Å²) in [4.78, 5) is 2.11. The number of aliphatic hydroxyl groups is 1. The van der Waals surface area contributed by atoms with Crippen molar-refractivity contribution in [2.45, 2.75) is 77.9 Å². The lowest BCUT2D eigenvalue weighted by Gasteiger charge is -2.47. The highest BCUT2D eigenvalue weighted by Crippen LogP contribution is 2.33. The summed E-state index contributed by atoms with van der Waals surface area (Å²) in [6, 6.07) is 0. The molecule has 0 aromatic rings. The maximum Gasteiger partial charge on any atom is 0.217 e. The minimum Gasteiger partial charge on any atom is -0.356 e. The van der Waals surface area contributed by atoms with Crippen LogP contribution in [0.4, 0.5) is 0 Å². The van der Waals surface area contributed by atoms with Crippen molar-refractivity contribution >= 4 is 0 Å². The zero-order valence-corrected chi connectivity index (χ0v) is 11.4. The summed E-state index contributed by atoms with van der Waals surface area (Å²) in [6.07, 6.45) is 3.83. The lowest BCUT2D eigenvalue weighted by atomic mass is 9.86. The highest BCUT2D eigenvalue weighted by atomic mass is 16.6. The summed E-state index contributed by atoms with van der Waals surface area (Å²) in [7, 11) is 0. The van der Waals surface area contributed by atoms with Crippen molar-refractivity contribution in [1.29, 1.82) is 0 Å². The lowest BCUT2D eigenvalue weighted by molar-refractivity contribution is -0.266. The summed E-state index contributed by atoms with van der Waals surface area (Å²) in [5.41, 5.74) is -0.214. The van der Waals surface area contributed by atoms with E-state index in [9.17, 15) is 5.11 Å². The molecule has 1 aliphatic heterocycles. The Balaban J connectivity index is 2.68. The predicted octanol–water partition coefficient (Wildman–Crippen LogP) is 2.73. The molecule has 3 nitrogen and oxygen atoms in total. The van der Waals surface area contributed by atoms with Crippen LogP contribution in [0.15, 0.2) is 0 Å². The first kappa shape index (κ1) is 13.9. The molecule has 0 spiro atoms. The number of aliphatic hydroxyl groups excluding tert-OH is 1. The van der Waals surface area contributed by atoms with Gasteiger partial charge in [0.2, 0.25) is 6.41 Å². The van der Waals surface area contributed by atoms with Gasteiger partial charge in [0, 0.05) is 12.1 Å². The molecule has 1 saturated heterocycles. The van der Waals surface area contributed by atoms with Crippen LogP contribution in [0.2, 0.25) is 0 Å². The number of piperidine rings is 1. The number of rotatable bonds is 3. The number of likely N-dealkylation sites (tertiary alicyclic amines) is 1. The van der Waals surface area contributed by atoms with Crippen LogP contribution in [-0.4, -0.2) is 34.1 Å². The average molecular weight is 229 g/mol. The van der Waals surface area contributed by atoms with Crippen molar-refractivity contribution in [1.82, 2.24) is 4.90 Å². The zero-order chi connectivity index (χ0) is 12.4. The molecule has 0 saturated carbocycles. The van der Waals surface area contributed by atoms with E-state index in [4.69, 9.17) is 4.74 Å². The first-order valence-corrected chi connectivity index (χ1v) is 6.41. The normalized spacial score (nSPS) is 30.4. The molecule has 2 atom stereocenters. The highest BCUT2D eigenvalue weighted by molar-refractivity contribution is 4.88. The van der Waals surface area contributed by atoms with Gasteiger partial charge in [-0.1, -0.05) is 13.3 Å². The molecule has 0 bridgehead atoms. The van der Waals surface area contributed by atoms with Crippen LogP contribution >= 0.6 is 0 Å². The standard InChI is InChI=1S/C13H27NO2/c1-6-13(5)9-7-8-10-14(13)11(15)16-12(2,3)4/h11,15H,6-10H2,1-5H3. The largest absolute Gasteiger partial charge is 0.356 e. The summed E-state index contributed by atoms with van der Waals surface area (Å²) in [5, 5.41) is 10.2. The minimum atomic E-state index is -0.773. The Hall–Kier alpha value is -0.120. The summed E-state index contributed by atoms with van der Waals surface area (Å²) in [5.74, 6) is 0. The van der Waals surface area contributed by atoms with Crippen LogP contribution in [0.3, 0.4) is 0 Å². The second-order valence-electron chi connectivity index (χ2n) is 6.06. The second kappa shape index (κ2) is 5.03. The quantitative estimate of drug-likeness (QED) is 0.755. The molecular formula is C13H27NO2. The van der Waals surface area contributed by atoms with Gasteiger partial charge in [0.05, 0.1) is 5.60 Å². The average Bonchev–Trinajstić information content (AvgIpc) is 2.15. The summed E-state index contributed by atoms with van der Waals surface area (Å²) in [6.45, 7) is 11.3. The molecule has 2 unspecified atom stereocenters. The maximum absolute atomic E-state index is 10.2. The molecule has 1 N–H and O–H groups in total. The van der Waals surface area contributed by atoms with Gasteiger partial charge in [-0.15, -0.1) is 0 Å². The molecule has 96 valence electrons. The summed E-state index contributed by atoms with van der Waals surface area (Å²) >= 11 is 0. The van der Waals surface area contributed by atoms with E-state index < -0.39 is 6.41 Å². The maximum atomic E-state index is 10.2. The first-order valence-electron chi connectivity index (χ1n) is 6.41. The smallest absolute Gasteiger partial charge is 0.217 e. The van der Waals surface area contributed by atoms with Crippen molar-refractivity contribution < 1.29 is 9.84 Å². The van der Waals surface area contributed by atoms with Crippen LogP contribution in [0.25, 0.3) is 0 Å². The van der Waals surface area contributed by atoms with Crippen molar-refractivity contribution in [3.63, 3.8) is 0 Å². The molecule has 0 radical (unpaired) electrons. The van der Waals surface area contributed by atoms with E-state index in [1.807, 2.05) is 20.8 Å². The van der Waals surface area contributed by atoms with Gasteiger partial charge in [0.25, 0.3) is 0 Å². The van der Waals surface area contributed by atoms with Gasteiger partial charge in [0.1, 0.15) is 0 Å². The van der Waals surface area contributed by atoms with Crippen LogP contribution in [0.1, 0.15) is 60.3 Å². The van der Waals surface area contributed by atoms with Gasteiger partial charge in [-0.25, -0.2) is 4.90 Å². The van der Waals surface area contributed by atoms with Gasteiger partial charge in [-0.3, -0.25) is 0 Å². The lowest BCUT2D eigenvalue weighted by Crippen LogP contribution is -2.56. The Kier molecular flexibility index (Phi) is 4.38. The Labute approximate surface area is 99.8 Å². The van der Waals surface area contributed by atoms with E-state index in [1.54, 1.807) is 0 Å². The third kappa shape index (κ3) is 3.44. The molecule has 0 amide bonds. The molecule has 0 aromatic carbocycles. The van der Waals surface area contributed by atoms with E-state index in [0.29, 0.717) is 0 Å². The van der Waals surface area contributed by atoms with Crippen LogP contribution in [-0.2, 0) is 4.74 Å². The SMILES string of the molecule is CCC1(C)CCCCN1C(O)OC(C)(C)C. The predicted molar refractivity (Wildman–Crippen MR) is 66.1 cm³/mol. The van der Waals surface area contributed by atoms with E-state index >= 15 is 0 Å².